The molecule has 3 nitrogen and oxygen atoms in total. The predicted octanol–water partition coefficient (Wildman–Crippen LogP) is 4.06. The fourth-order valence-electron chi connectivity index (χ4n) is 2.49. The molecule has 0 spiro atoms. The zero-order valence-corrected chi connectivity index (χ0v) is 14.9. The van der Waals surface area contributed by atoms with Gasteiger partial charge < -0.3 is 14.8 Å². The van der Waals surface area contributed by atoms with Gasteiger partial charge in [-0.05, 0) is 42.1 Å². The molecule has 0 fully saturated rings. The normalized spacial score (nSPS) is 11.4. The Bertz CT molecular complexity index is 575. The average molecular weight is 336 g/mol. The number of nitrogens with one attached hydrogen (secondary N) is 1. The second-order valence-electron chi connectivity index (χ2n) is 5.46. The van der Waals surface area contributed by atoms with Crippen molar-refractivity contribution in [3.63, 3.8) is 0 Å². The van der Waals surface area contributed by atoms with Crippen LogP contribution < -0.4 is 14.8 Å². The summed E-state index contributed by atoms with van der Waals surface area (Å²) in [6.45, 7) is 4.18. The molecule has 0 aliphatic rings. The van der Waals surface area contributed by atoms with E-state index in [4.69, 9.17) is 9.47 Å². The second kappa shape index (κ2) is 10.1. The number of rotatable bonds is 8. The Morgan fingerprint density at radius 2 is 1.65 bits per heavy atom. The van der Waals surface area contributed by atoms with E-state index >= 15 is 0 Å². The first-order valence-electron chi connectivity index (χ1n) is 7.71. The van der Waals surface area contributed by atoms with Gasteiger partial charge in [-0.3, -0.25) is 0 Å². The van der Waals surface area contributed by atoms with E-state index < -0.39 is 0 Å². The van der Waals surface area contributed by atoms with Gasteiger partial charge in [0.05, 0.1) is 14.2 Å². The maximum absolute atomic E-state index is 5.33. The molecule has 2 aromatic carbocycles. The van der Waals surface area contributed by atoms with E-state index in [1.165, 1.54) is 11.1 Å². The van der Waals surface area contributed by atoms with Crippen molar-refractivity contribution >= 4 is 12.4 Å². The molecule has 0 saturated heterocycles. The minimum atomic E-state index is 0. The lowest BCUT2D eigenvalue weighted by Gasteiger charge is -2.13. The van der Waals surface area contributed by atoms with Crippen molar-refractivity contribution in [2.75, 3.05) is 27.3 Å². The van der Waals surface area contributed by atoms with Gasteiger partial charge in [0.1, 0.15) is 0 Å². The van der Waals surface area contributed by atoms with Crippen molar-refractivity contribution in [1.82, 2.24) is 5.32 Å². The van der Waals surface area contributed by atoms with Crippen LogP contribution in [0.3, 0.4) is 0 Å². The Kier molecular flexibility index (Phi) is 8.52. The molecule has 0 bridgehead atoms. The van der Waals surface area contributed by atoms with E-state index in [9.17, 15) is 0 Å². The lowest BCUT2D eigenvalue weighted by molar-refractivity contribution is 0.354. The fourth-order valence-corrected chi connectivity index (χ4v) is 2.49. The van der Waals surface area contributed by atoms with E-state index in [1.54, 1.807) is 14.2 Å². The summed E-state index contributed by atoms with van der Waals surface area (Å²) >= 11 is 0. The minimum absolute atomic E-state index is 0. The zero-order valence-electron chi connectivity index (χ0n) is 14.0. The van der Waals surface area contributed by atoms with Crippen LogP contribution >= 0.6 is 12.4 Å². The molecule has 1 unspecified atom stereocenters. The molecule has 0 aliphatic carbocycles. The van der Waals surface area contributed by atoms with Crippen molar-refractivity contribution in [2.24, 2.45) is 0 Å². The molecule has 2 rings (SSSR count). The van der Waals surface area contributed by atoms with E-state index in [1.807, 2.05) is 12.1 Å². The largest absolute Gasteiger partial charge is 0.493 e. The molecule has 23 heavy (non-hydrogen) atoms. The zero-order chi connectivity index (χ0) is 15.8. The first kappa shape index (κ1) is 19.3. The van der Waals surface area contributed by atoms with Crippen molar-refractivity contribution < 1.29 is 9.47 Å². The highest BCUT2D eigenvalue weighted by Crippen LogP contribution is 2.27. The highest BCUT2D eigenvalue weighted by Gasteiger charge is 2.06. The van der Waals surface area contributed by atoms with Gasteiger partial charge in [-0.2, -0.15) is 0 Å². The number of ether oxygens (including phenoxy) is 2. The van der Waals surface area contributed by atoms with Crippen LogP contribution in [0.2, 0.25) is 0 Å². The number of methoxy groups -OCH3 is 2. The van der Waals surface area contributed by atoms with E-state index in [0.717, 1.165) is 31.0 Å². The first-order chi connectivity index (χ1) is 10.7. The summed E-state index contributed by atoms with van der Waals surface area (Å²) in [7, 11) is 3.32. The van der Waals surface area contributed by atoms with Crippen LogP contribution in [0, 0.1) is 0 Å². The molecule has 126 valence electrons. The third-order valence-electron chi connectivity index (χ3n) is 3.86. The monoisotopic (exact) mass is 335 g/mol. The standard InChI is InChI=1S/C19H25NO2.ClH/c1-15(17-7-5-4-6-8-17)14-20-12-11-16-9-10-18(21-2)19(13-16)22-3;/h4-10,13,15,20H,11-12,14H2,1-3H3;1H. The molecule has 1 atom stereocenters. The summed E-state index contributed by atoms with van der Waals surface area (Å²) in [4.78, 5) is 0. The Morgan fingerprint density at radius 3 is 2.30 bits per heavy atom. The maximum atomic E-state index is 5.33. The van der Waals surface area contributed by atoms with E-state index in [0.29, 0.717) is 5.92 Å². The number of hydrogen-bond donors (Lipinski definition) is 1. The lowest BCUT2D eigenvalue weighted by Crippen LogP contribution is -2.22. The number of benzene rings is 2. The van der Waals surface area contributed by atoms with Gasteiger partial charge in [0.15, 0.2) is 11.5 Å². The van der Waals surface area contributed by atoms with Crippen LogP contribution in [0.25, 0.3) is 0 Å². The van der Waals surface area contributed by atoms with Gasteiger partial charge in [-0.25, -0.2) is 0 Å². The van der Waals surface area contributed by atoms with Gasteiger partial charge in [-0.1, -0.05) is 43.3 Å². The first-order valence-corrected chi connectivity index (χ1v) is 7.71. The van der Waals surface area contributed by atoms with Crippen LogP contribution in [-0.2, 0) is 6.42 Å². The van der Waals surface area contributed by atoms with Crippen molar-refractivity contribution in [2.45, 2.75) is 19.3 Å². The van der Waals surface area contributed by atoms with Crippen LogP contribution in [0.15, 0.2) is 48.5 Å². The molecule has 1 N–H and O–H groups in total. The highest BCUT2D eigenvalue weighted by molar-refractivity contribution is 5.85. The van der Waals surface area contributed by atoms with Crippen LogP contribution in [-0.4, -0.2) is 27.3 Å². The SMILES string of the molecule is COc1ccc(CCNCC(C)c2ccccc2)cc1OC.Cl. The third kappa shape index (κ3) is 5.77. The quantitative estimate of drug-likeness (QED) is 0.738. The molecule has 0 aliphatic heterocycles. The number of hydrogen-bond acceptors (Lipinski definition) is 3. The summed E-state index contributed by atoms with van der Waals surface area (Å²) in [5.41, 5.74) is 2.62. The summed E-state index contributed by atoms with van der Waals surface area (Å²) in [6, 6.07) is 16.7. The van der Waals surface area contributed by atoms with Gasteiger partial charge in [0.2, 0.25) is 0 Å². The Balaban J connectivity index is 0.00000264. The summed E-state index contributed by atoms with van der Waals surface area (Å²) < 4.78 is 10.6. The van der Waals surface area contributed by atoms with Crippen molar-refractivity contribution in [3.8, 4) is 11.5 Å². The van der Waals surface area contributed by atoms with Gasteiger partial charge >= 0.3 is 0 Å². The molecule has 0 aromatic heterocycles. The average Bonchev–Trinajstić information content (AvgIpc) is 2.59. The molecule has 0 saturated carbocycles. The third-order valence-corrected chi connectivity index (χ3v) is 3.86. The molecule has 0 heterocycles. The number of halogens is 1. The Labute approximate surface area is 145 Å². The van der Waals surface area contributed by atoms with Gasteiger partial charge in [-0.15, -0.1) is 12.4 Å². The Morgan fingerprint density at radius 1 is 0.957 bits per heavy atom. The minimum Gasteiger partial charge on any atom is -0.493 e. The maximum Gasteiger partial charge on any atom is 0.160 e. The van der Waals surface area contributed by atoms with Crippen molar-refractivity contribution in [1.29, 1.82) is 0 Å². The molecular formula is C19H26ClNO2. The topological polar surface area (TPSA) is 30.5 Å². The fraction of sp³-hybridized carbons (Fsp3) is 0.368. The molecule has 2 aromatic rings. The van der Waals surface area contributed by atoms with E-state index in [2.05, 4.69) is 48.6 Å². The van der Waals surface area contributed by atoms with Crippen LogP contribution in [0.4, 0.5) is 0 Å². The molecule has 4 heteroatoms. The van der Waals surface area contributed by atoms with E-state index in [-0.39, 0.29) is 12.4 Å². The van der Waals surface area contributed by atoms with Gasteiger partial charge in [0, 0.05) is 6.54 Å². The van der Waals surface area contributed by atoms with Crippen molar-refractivity contribution in [3.05, 3.63) is 59.7 Å². The predicted molar refractivity (Wildman–Crippen MR) is 98.2 cm³/mol. The summed E-state index contributed by atoms with van der Waals surface area (Å²) in [5, 5.41) is 3.53. The van der Waals surface area contributed by atoms with Crippen LogP contribution in [0.1, 0.15) is 24.0 Å². The van der Waals surface area contributed by atoms with Crippen LogP contribution in [0.5, 0.6) is 11.5 Å². The molecule has 0 radical (unpaired) electrons. The highest BCUT2D eigenvalue weighted by atomic mass is 35.5. The summed E-state index contributed by atoms with van der Waals surface area (Å²) in [6.07, 6.45) is 0.974. The van der Waals surface area contributed by atoms with Gasteiger partial charge in [0.25, 0.3) is 0 Å². The molecular weight excluding hydrogens is 310 g/mol. The second-order valence-corrected chi connectivity index (χ2v) is 5.46. The lowest BCUT2D eigenvalue weighted by atomic mass is 10.0. The Hall–Kier alpha value is -1.71. The molecule has 0 amide bonds. The summed E-state index contributed by atoms with van der Waals surface area (Å²) in [5.74, 6) is 2.08. The smallest absolute Gasteiger partial charge is 0.160 e.